The number of carbonyl (C=O) groups is 2. The molecule has 0 aliphatic rings. The van der Waals surface area contributed by atoms with E-state index in [4.69, 9.17) is 9.15 Å². The molecule has 8 heteroatoms. The molecule has 0 unspecified atom stereocenters. The summed E-state index contributed by atoms with van der Waals surface area (Å²) in [5, 5.41) is 11.2. The number of esters is 1. The van der Waals surface area contributed by atoms with Gasteiger partial charge in [-0.05, 0) is 68.7 Å². The molecule has 7 nitrogen and oxygen atoms in total. The molecule has 0 saturated carbocycles. The molecule has 1 heterocycles. The fraction of sp³-hybridized carbons (Fsp3) is 0.304. The first-order chi connectivity index (χ1) is 14.8. The molecule has 0 saturated heterocycles. The number of nitrogens with one attached hydrogen (secondary N) is 1. The number of nitrogens with zero attached hydrogens (tertiary/aromatic N) is 2. The molecule has 1 aromatic heterocycles. The second-order valence-corrected chi connectivity index (χ2v) is 8.35. The van der Waals surface area contributed by atoms with Gasteiger partial charge in [-0.1, -0.05) is 30.0 Å². The van der Waals surface area contributed by atoms with Crippen molar-refractivity contribution in [1.82, 2.24) is 10.2 Å². The first kappa shape index (κ1) is 22.6. The van der Waals surface area contributed by atoms with Crippen molar-refractivity contribution in [2.24, 2.45) is 0 Å². The van der Waals surface area contributed by atoms with Gasteiger partial charge in [-0.3, -0.25) is 4.79 Å². The Bertz CT molecular complexity index is 1060. The number of hydrogen-bond donors (Lipinski definition) is 1. The summed E-state index contributed by atoms with van der Waals surface area (Å²) in [6, 6.07) is 12.8. The molecule has 0 aliphatic carbocycles. The lowest BCUT2D eigenvalue weighted by molar-refractivity contribution is -0.113. The van der Waals surface area contributed by atoms with Crippen LogP contribution in [0.15, 0.2) is 52.1 Å². The maximum atomic E-state index is 12.2. The molecule has 0 aliphatic heterocycles. The summed E-state index contributed by atoms with van der Waals surface area (Å²) < 4.78 is 10.8. The van der Waals surface area contributed by atoms with E-state index in [1.54, 1.807) is 38.1 Å². The van der Waals surface area contributed by atoms with Crippen molar-refractivity contribution in [2.45, 2.75) is 45.4 Å². The quantitative estimate of drug-likeness (QED) is 0.406. The maximum Gasteiger partial charge on any atom is 0.338 e. The number of thioether (sulfide) groups is 1. The van der Waals surface area contributed by atoms with Gasteiger partial charge in [0, 0.05) is 5.69 Å². The van der Waals surface area contributed by atoms with E-state index in [2.05, 4.69) is 41.5 Å². The summed E-state index contributed by atoms with van der Waals surface area (Å²) in [5.41, 5.74) is 4.58. The molecule has 31 heavy (non-hydrogen) atoms. The van der Waals surface area contributed by atoms with Gasteiger partial charge < -0.3 is 14.5 Å². The molecular formula is C23H25N3O4S. The normalized spacial score (nSPS) is 10.9. The smallest absolute Gasteiger partial charge is 0.338 e. The van der Waals surface area contributed by atoms with Crippen LogP contribution >= 0.6 is 11.8 Å². The Hall–Kier alpha value is -3.13. The van der Waals surface area contributed by atoms with Crippen LogP contribution < -0.4 is 5.32 Å². The Morgan fingerprint density at radius 1 is 1.06 bits per heavy atom. The van der Waals surface area contributed by atoms with Gasteiger partial charge in [0.1, 0.15) is 0 Å². The average molecular weight is 440 g/mol. The fourth-order valence-corrected chi connectivity index (χ4v) is 3.33. The van der Waals surface area contributed by atoms with Crippen molar-refractivity contribution in [1.29, 1.82) is 0 Å². The van der Waals surface area contributed by atoms with E-state index in [0.717, 1.165) is 5.56 Å². The van der Waals surface area contributed by atoms with Crippen LogP contribution in [-0.4, -0.2) is 33.9 Å². The Balaban J connectivity index is 1.48. The van der Waals surface area contributed by atoms with Crippen molar-refractivity contribution in [2.75, 3.05) is 11.1 Å². The minimum absolute atomic E-state index is 0.127. The summed E-state index contributed by atoms with van der Waals surface area (Å²) in [7, 11) is 0. The molecule has 0 radical (unpaired) electrons. The van der Waals surface area contributed by atoms with Crippen LogP contribution in [0, 0.1) is 13.8 Å². The topological polar surface area (TPSA) is 94.3 Å². The molecule has 0 fully saturated rings. The van der Waals surface area contributed by atoms with Gasteiger partial charge in [-0.2, -0.15) is 0 Å². The number of aromatic nitrogens is 2. The number of amides is 1. The Morgan fingerprint density at radius 3 is 2.48 bits per heavy atom. The number of hydrogen-bond acceptors (Lipinski definition) is 7. The van der Waals surface area contributed by atoms with E-state index in [-0.39, 0.29) is 17.8 Å². The number of anilines is 1. The molecule has 2 aromatic carbocycles. The first-order valence-corrected chi connectivity index (χ1v) is 10.9. The maximum absolute atomic E-state index is 12.2. The van der Waals surface area contributed by atoms with Gasteiger partial charge in [0.25, 0.3) is 5.22 Å². The summed E-state index contributed by atoms with van der Waals surface area (Å²) >= 11 is 1.17. The number of rotatable bonds is 8. The minimum atomic E-state index is -0.392. The van der Waals surface area contributed by atoms with E-state index in [1.807, 2.05) is 6.07 Å². The van der Waals surface area contributed by atoms with E-state index in [9.17, 15) is 9.59 Å². The van der Waals surface area contributed by atoms with Crippen molar-refractivity contribution in [3.63, 3.8) is 0 Å². The monoisotopic (exact) mass is 439 g/mol. The Kier molecular flexibility index (Phi) is 7.46. The fourth-order valence-electron chi connectivity index (χ4n) is 2.75. The largest absolute Gasteiger partial charge is 0.459 e. The highest BCUT2D eigenvalue weighted by molar-refractivity contribution is 7.99. The highest BCUT2D eigenvalue weighted by atomic mass is 32.2. The van der Waals surface area contributed by atoms with Gasteiger partial charge in [-0.15, -0.1) is 10.2 Å². The van der Waals surface area contributed by atoms with E-state index in [1.165, 1.54) is 22.9 Å². The number of ether oxygens (including phenoxy) is 1. The SMILES string of the molecule is Cc1ccc(Cc2nnc(SCC(=O)Nc3ccc(C(=O)OC(C)C)cc3)o2)cc1C. The lowest BCUT2D eigenvalue weighted by Crippen LogP contribution is -2.14. The van der Waals surface area contributed by atoms with Crippen LogP contribution in [0.3, 0.4) is 0 Å². The van der Waals surface area contributed by atoms with Crippen molar-refractivity contribution >= 4 is 29.3 Å². The molecule has 0 bridgehead atoms. The van der Waals surface area contributed by atoms with Crippen molar-refractivity contribution in [3.05, 3.63) is 70.6 Å². The third-order valence-electron chi connectivity index (χ3n) is 4.45. The zero-order chi connectivity index (χ0) is 22.4. The van der Waals surface area contributed by atoms with Crippen LogP contribution in [0.5, 0.6) is 0 Å². The van der Waals surface area contributed by atoms with Gasteiger partial charge in [0.2, 0.25) is 11.8 Å². The Morgan fingerprint density at radius 2 is 1.81 bits per heavy atom. The average Bonchev–Trinajstić information content (AvgIpc) is 3.16. The third kappa shape index (κ3) is 6.68. The molecule has 0 spiro atoms. The van der Waals surface area contributed by atoms with Gasteiger partial charge in [-0.25, -0.2) is 4.79 Å². The second-order valence-electron chi connectivity index (χ2n) is 7.43. The second kappa shape index (κ2) is 10.3. The molecule has 1 amide bonds. The summed E-state index contributed by atoms with van der Waals surface area (Å²) in [5.74, 6) is 0.0328. The lowest BCUT2D eigenvalue weighted by Gasteiger charge is -2.08. The predicted molar refractivity (Wildman–Crippen MR) is 119 cm³/mol. The summed E-state index contributed by atoms with van der Waals surface area (Å²) in [4.78, 5) is 24.1. The van der Waals surface area contributed by atoms with E-state index < -0.39 is 5.97 Å². The molecule has 0 atom stereocenters. The summed E-state index contributed by atoms with van der Waals surface area (Å²) in [6.45, 7) is 7.72. The number of carbonyl (C=O) groups excluding carboxylic acids is 2. The van der Waals surface area contributed by atoms with E-state index in [0.29, 0.717) is 28.8 Å². The minimum Gasteiger partial charge on any atom is -0.459 e. The molecular weight excluding hydrogens is 414 g/mol. The van der Waals surface area contributed by atoms with Crippen LogP contribution in [0.25, 0.3) is 0 Å². The van der Waals surface area contributed by atoms with Crippen LogP contribution in [0.4, 0.5) is 5.69 Å². The summed E-state index contributed by atoms with van der Waals surface area (Å²) in [6.07, 6.45) is 0.363. The number of aryl methyl sites for hydroxylation is 2. The van der Waals surface area contributed by atoms with Gasteiger partial charge >= 0.3 is 5.97 Å². The van der Waals surface area contributed by atoms with Gasteiger partial charge in [0.15, 0.2) is 0 Å². The molecule has 162 valence electrons. The highest BCUT2D eigenvalue weighted by Crippen LogP contribution is 2.19. The Labute approximate surface area is 185 Å². The van der Waals surface area contributed by atoms with Crippen LogP contribution in [0.1, 0.15) is 46.8 Å². The lowest BCUT2D eigenvalue weighted by atomic mass is 10.0. The number of benzene rings is 2. The van der Waals surface area contributed by atoms with E-state index >= 15 is 0 Å². The van der Waals surface area contributed by atoms with Crippen LogP contribution in [-0.2, 0) is 16.0 Å². The molecule has 3 rings (SSSR count). The molecule has 1 N–H and O–H groups in total. The van der Waals surface area contributed by atoms with Crippen molar-refractivity contribution < 1.29 is 18.7 Å². The molecule has 3 aromatic rings. The predicted octanol–water partition coefficient (Wildman–Crippen LogP) is 4.57. The standard InChI is InChI=1S/C23H25N3O4S/c1-14(2)29-22(28)18-7-9-19(10-8-18)24-20(27)13-31-23-26-25-21(30-23)12-17-6-5-15(3)16(4)11-17/h5-11,14H,12-13H2,1-4H3,(H,24,27). The third-order valence-corrected chi connectivity index (χ3v) is 5.27. The zero-order valence-electron chi connectivity index (χ0n) is 18.0. The van der Waals surface area contributed by atoms with Crippen LogP contribution in [0.2, 0.25) is 0 Å². The first-order valence-electron chi connectivity index (χ1n) is 9.92. The van der Waals surface area contributed by atoms with Gasteiger partial charge in [0.05, 0.1) is 23.8 Å². The zero-order valence-corrected chi connectivity index (χ0v) is 18.8. The van der Waals surface area contributed by atoms with Crippen molar-refractivity contribution in [3.8, 4) is 0 Å². The highest BCUT2D eigenvalue weighted by Gasteiger charge is 2.12.